The van der Waals surface area contributed by atoms with Crippen molar-refractivity contribution in [2.45, 2.75) is 37.2 Å². The van der Waals surface area contributed by atoms with Crippen molar-refractivity contribution in [2.24, 2.45) is 0 Å². The highest BCUT2D eigenvalue weighted by atomic mass is 32.2. The van der Waals surface area contributed by atoms with Gasteiger partial charge in [-0.2, -0.15) is 0 Å². The first kappa shape index (κ1) is 18.1. The lowest BCUT2D eigenvalue weighted by molar-refractivity contribution is -0.120. The number of nitrogen functional groups attached to an aromatic ring is 1. The number of amides is 1. The molecule has 0 aliphatic heterocycles. The molecule has 1 aromatic carbocycles. The van der Waals surface area contributed by atoms with Crippen molar-refractivity contribution in [3.8, 4) is 11.4 Å². The minimum Gasteiger partial charge on any atom is -0.469 e. The Morgan fingerprint density at radius 3 is 2.62 bits per heavy atom. The first-order valence-electron chi connectivity index (χ1n) is 8.24. The Labute approximate surface area is 156 Å². The normalized spacial score (nSPS) is 13.3. The summed E-state index contributed by atoms with van der Waals surface area (Å²) in [6.45, 7) is 5.60. The van der Waals surface area contributed by atoms with Crippen molar-refractivity contribution in [1.82, 2.24) is 20.2 Å². The summed E-state index contributed by atoms with van der Waals surface area (Å²) in [4.78, 5) is 12.5. The van der Waals surface area contributed by atoms with Gasteiger partial charge in [-0.25, -0.2) is 4.68 Å². The number of aromatic nitrogens is 3. The fraction of sp³-hybridized carbons (Fsp3) is 0.278. The van der Waals surface area contributed by atoms with E-state index in [0.29, 0.717) is 16.7 Å². The Hall–Kier alpha value is -2.74. The lowest BCUT2D eigenvalue weighted by Gasteiger charge is -2.17. The van der Waals surface area contributed by atoms with Gasteiger partial charge in [-0.15, -0.1) is 10.2 Å². The van der Waals surface area contributed by atoms with E-state index in [1.807, 2.05) is 51.1 Å². The van der Waals surface area contributed by atoms with Crippen LogP contribution in [0.3, 0.4) is 0 Å². The van der Waals surface area contributed by atoms with Crippen LogP contribution < -0.4 is 11.2 Å². The summed E-state index contributed by atoms with van der Waals surface area (Å²) in [6.07, 6.45) is 1.58. The zero-order valence-corrected chi connectivity index (χ0v) is 15.7. The number of nitrogens with zero attached hydrogens (tertiary/aromatic N) is 3. The molecule has 2 aromatic heterocycles. The third-order valence-electron chi connectivity index (χ3n) is 4.07. The number of aryl methyl sites for hydroxylation is 1. The maximum absolute atomic E-state index is 12.5. The van der Waals surface area contributed by atoms with E-state index in [1.54, 1.807) is 12.3 Å². The van der Waals surface area contributed by atoms with E-state index in [9.17, 15) is 4.79 Å². The number of hydrogen-bond donors (Lipinski definition) is 2. The highest BCUT2D eigenvalue weighted by Gasteiger charge is 2.22. The average molecular weight is 371 g/mol. The van der Waals surface area contributed by atoms with Gasteiger partial charge < -0.3 is 15.6 Å². The number of thioether (sulfide) groups is 1. The molecule has 0 fully saturated rings. The molecule has 8 heteroatoms. The van der Waals surface area contributed by atoms with Gasteiger partial charge in [0.05, 0.1) is 23.1 Å². The minimum absolute atomic E-state index is 0.0772. The first-order valence-corrected chi connectivity index (χ1v) is 9.12. The van der Waals surface area contributed by atoms with Crippen molar-refractivity contribution >= 4 is 17.7 Å². The predicted molar refractivity (Wildman–Crippen MR) is 101 cm³/mol. The number of hydrogen-bond acceptors (Lipinski definition) is 6. The predicted octanol–water partition coefficient (Wildman–Crippen LogP) is 2.92. The Morgan fingerprint density at radius 1 is 1.23 bits per heavy atom. The second kappa shape index (κ2) is 7.65. The molecule has 3 rings (SSSR count). The van der Waals surface area contributed by atoms with Crippen LogP contribution in [0.25, 0.3) is 11.4 Å². The molecule has 7 nitrogen and oxygen atoms in total. The van der Waals surface area contributed by atoms with Crippen molar-refractivity contribution in [3.05, 3.63) is 54.0 Å². The molecule has 0 saturated heterocycles. The zero-order valence-electron chi connectivity index (χ0n) is 14.8. The molecule has 2 unspecified atom stereocenters. The van der Waals surface area contributed by atoms with E-state index in [-0.39, 0.29) is 17.2 Å². The molecule has 0 aliphatic rings. The van der Waals surface area contributed by atoms with Crippen LogP contribution in [0.4, 0.5) is 0 Å². The van der Waals surface area contributed by atoms with Gasteiger partial charge >= 0.3 is 0 Å². The summed E-state index contributed by atoms with van der Waals surface area (Å²) in [6, 6.07) is 11.5. The zero-order chi connectivity index (χ0) is 18.7. The number of carbonyl (C=O) groups excluding carboxylic acids is 1. The molecule has 0 radical (unpaired) electrons. The number of rotatable bonds is 6. The van der Waals surface area contributed by atoms with Gasteiger partial charge in [0, 0.05) is 0 Å². The van der Waals surface area contributed by atoms with Crippen LogP contribution in [0.15, 0.2) is 52.2 Å². The average Bonchev–Trinajstić information content (AvgIpc) is 3.21. The van der Waals surface area contributed by atoms with Crippen LogP contribution in [0.5, 0.6) is 0 Å². The Kier molecular flexibility index (Phi) is 5.32. The molecule has 3 aromatic rings. The van der Waals surface area contributed by atoms with Crippen LogP contribution in [-0.4, -0.2) is 26.0 Å². The van der Waals surface area contributed by atoms with E-state index in [1.165, 1.54) is 16.4 Å². The largest absolute Gasteiger partial charge is 0.469 e. The van der Waals surface area contributed by atoms with Gasteiger partial charge in [0.25, 0.3) is 0 Å². The molecular formula is C18H21N5O2S. The summed E-state index contributed by atoms with van der Waals surface area (Å²) in [7, 11) is 0. The Bertz CT molecular complexity index is 890. The third-order valence-corrected chi connectivity index (χ3v) is 5.13. The molecule has 2 heterocycles. The standard InChI is InChI=1S/C18H21N5O2S/c1-11(14-7-5-4-6-8-14)20-17(24)13(3)26-18-22-21-16(23(18)19)15-9-10-25-12(15)2/h4-11,13H,19H2,1-3H3,(H,20,24). The van der Waals surface area contributed by atoms with E-state index in [4.69, 9.17) is 10.3 Å². The Balaban J connectivity index is 1.66. The Morgan fingerprint density at radius 2 is 1.96 bits per heavy atom. The lowest BCUT2D eigenvalue weighted by Crippen LogP contribution is -2.33. The van der Waals surface area contributed by atoms with Crippen LogP contribution in [0, 0.1) is 6.92 Å². The molecule has 1 amide bonds. The van der Waals surface area contributed by atoms with Gasteiger partial charge in [-0.05, 0) is 32.4 Å². The number of benzene rings is 1. The van der Waals surface area contributed by atoms with Crippen LogP contribution in [0.2, 0.25) is 0 Å². The van der Waals surface area contributed by atoms with Gasteiger partial charge in [0.1, 0.15) is 5.76 Å². The van der Waals surface area contributed by atoms with Crippen molar-refractivity contribution in [2.75, 3.05) is 5.84 Å². The lowest BCUT2D eigenvalue weighted by atomic mass is 10.1. The number of carbonyl (C=O) groups is 1. The van der Waals surface area contributed by atoms with E-state index < -0.39 is 0 Å². The first-order chi connectivity index (χ1) is 12.5. The molecule has 136 valence electrons. The SMILES string of the molecule is Cc1occc1-c1nnc(SC(C)C(=O)NC(C)c2ccccc2)n1N. The summed E-state index contributed by atoms with van der Waals surface area (Å²) in [5.41, 5.74) is 1.83. The highest BCUT2D eigenvalue weighted by Crippen LogP contribution is 2.27. The van der Waals surface area contributed by atoms with Crippen molar-refractivity contribution < 1.29 is 9.21 Å². The molecule has 3 N–H and O–H groups in total. The van der Waals surface area contributed by atoms with E-state index in [2.05, 4.69) is 15.5 Å². The molecule has 2 atom stereocenters. The fourth-order valence-electron chi connectivity index (χ4n) is 2.53. The van der Waals surface area contributed by atoms with Crippen LogP contribution >= 0.6 is 11.8 Å². The molecule has 0 aliphatic carbocycles. The summed E-state index contributed by atoms with van der Waals surface area (Å²) >= 11 is 1.26. The molecule has 0 bridgehead atoms. The monoisotopic (exact) mass is 371 g/mol. The second-order valence-electron chi connectivity index (χ2n) is 5.97. The topological polar surface area (TPSA) is 99.0 Å². The van der Waals surface area contributed by atoms with Crippen molar-refractivity contribution in [3.63, 3.8) is 0 Å². The van der Waals surface area contributed by atoms with Crippen LogP contribution in [0.1, 0.15) is 31.2 Å². The fourth-order valence-corrected chi connectivity index (χ4v) is 3.30. The number of nitrogens with two attached hydrogens (primary N) is 1. The highest BCUT2D eigenvalue weighted by molar-refractivity contribution is 8.00. The minimum atomic E-state index is -0.369. The third kappa shape index (κ3) is 3.75. The number of nitrogens with one attached hydrogen (secondary N) is 1. The van der Waals surface area contributed by atoms with Gasteiger partial charge in [0.2, 0.25) is 11.1 Å². The summed E-state index contributed by atoms with van der Waals surface area (Å²) < 4.78 is 6.66. The summed E-state index contributed by atoms with van der Waals surface area (Å²) in [5.74, 6) is 7.23. The number of furan rings is 1. The maximum atomic E-state index is 12.5. The maximum Gasteiger partial charge on any atom is 0.233 e. The quantitative estimate of drug-likeness (QED) is 0.511. The van der Waals surface area contributed by atoms with E-state index >= 15 is 0 Å². The molecule has 0 saturated carbocycles. The molecule has 0 spiro atoms. The van der Waals surface area contributed by atoms with Gasteiger partial charge in [0.15, 0.2) is 5.82 Å². The summed E-state index contributed by atoms with van der Waals surface area (Å²) in [5, 5.41) is 11.3. The molecule has 26 heavy (non-hydrogen) atoms. The van der Waals surface area contributed by atoms with E-state index in [0.717, 1.165) is 11.1 Å². The van der Waals surface area contributed by atoms with Crippen molar-refractivity contribution in [1.29, 1.82) is 0 Å². The van der Waals surface area contributed by atoms with Gasteiger partial charge in [-0.1, -0.05) is 42.1 Å². The van der Waals surface area contributed by atoms with Gasteiger partial charge in [-0.3, -0.25) is 4.79 Å². The second-order valence-corrected chi connectivity index (χ2v) is 7.28. The molecular weight excluding hydrogens is 350 g/mol. The van der Waals surface area contributed by atoms with Crippen LogP contribution in [-0.2, 0) is 4.79 Å². The smallest absolute Gasteiger partial charge is 0.233 e.